The number of nitrogens with zero attached hydrogens (tertiary/aromatic N) is 4. The van der Waals surface area contributed by atoms with E-state index < -0.39 is 24.0 Å². The number of alkyl halides is 1. The highest BCUT2D eigenvalue weighted by Gasteiger charge is 2.37. The van der Waals surface area contributed by atoms with Crippen molar-refractivity contribution in [1.29, 1.82) is 0 Å². The highest BCUT2D eigenvalue weighted by atomic mass is 19.1. The molecular weight excluding hydrogens is 215 g/mol. The number of rotatable bonds is 1. The molecule has 1 aliphatic rings. The molecule has 1 rings (SSSR count). The summed E-state index contributed by atoms with van der Waals surface area (Å²) in [6.07, 6.45) is -2.56. The molecule has 0 aliphatic carbocycles. The van der Waals surface area contributed by atoms with Crippen molar-refractivity contribution in [2.75, 3.05) is 6.54 Å². The molecule has 1 saturated heterocycles. The topological polar surface area (TPSA) is 78.3 Å². The Bertz CT molecular complexity index is 322. The summed E-state index contributed by atoms with van der Waals surface area (Å²) in [5.74, 6) is 0. The Labute approximate surface area is 93.0 Å². The van der Waals surface area contributed by atoms with E-state index in [4.69, 9.17) is 10.3 Å². The van der Waals surface area contributed by atoms with Gasteiger partial charge in [0.2, 0.25) is 0 Å². The van der Waals surface area contributed by atoms with E-state index in [0.717, 1.165) is 4.90 Å². The Kier molecular flexibility index (Phi) is 3.59. The van der Waals surface area contributed by atoms with Crippen molar-refractivity contribution in [1.82, 2.24) is 4.90 Å². The molecule has 2 atom stereocenters. The molecule has 7 heteroatoms. The zero-order valence-electron chi connectivity index (χ0n) is 9.55. The lowest BCUT2D eigenvalue weighted by atomic mass is 10.2. The fourth-order valence-electron chi connectivity index (χ4n) is 1.45. The van der Waals surface area contributed by atoms with Crippen LogP contribution < -0.4 is 0 Å². The van der Waals surface area contributed by atoms with Gasteiger partial charge in [0.25, 0.3) is 0 Å². The predicted octanol–water partition coefficient (Wildman–Crippen LogP) is 2.60. The highest BCUT2D eigenvalue weighted by molar-refractivity contribution is 5.69. The number of carbonyl (C=O) groups excluding carboxylic acids is 1. The fraction of sp³-hybridized carbons (Fsp3) is 0.889. The van der Waals surface area contributed by atoms with E-state index in [1.807, 2.05) is 0 Å². The zero-order valence-corrected chi connectivity index (χ0v) is 9.55. The van der Waals surface area contributed by atoms with E-state index in [2.05, 4.69) is 10.0 Å². The van der Waals surface area contributed by atoms with Crippen LogP contribution in [0.15, 0.2) is 5.11 Å². The first-order valence-electron chi connectivity index (χ1n) is 5.01. The van der Waals surface area contributed by atoms with Crippen LogP contribution in [0.3, 0.4) is 0 Å². The number of hydrogen-bond donors (Lipinski definition) is 0. The van der Waals surface area contributed by atoms with E-state index in [1.54, 1.807) is 20.8 Å². The maximum Gasteiger partial charge on any atom is 0.410 e. The number of hydrogen-bond acceptors (Lipinski definition) is 3. The van der Waals surface area contributed by atoms with E-state index in [-0.39, 0.29) is 13.0 Å². The van der Waals surface area contributed by atoms with Crippen LogP contribution in [-0.2, 0) is 4.74 Å². The van der Waals surface area contributed by atoms with Gasteiger partial charge in [-0.3, -0.25) is 4.90 Å². The normalized spacial score (nSPS) is 25.1. The summed E-state index contributed by atoms with van der Waals surface area (Å²) in [5, 5.41) is 3.37. The van der Waals surface area contributed by atoms with Crippen LogP contribution in [0.2, 0.25) is 0 Å². The molecular formula is C9H15FN4O2. The maximum atomic E-state index is 13.1. The number of azide groups is 1. The van der Waals surface area contributed by atoms with Crippen LogP contribution in [0.25, 0.3) is 10.4 Å². The van der Waals surface area contributed by atoms with Gasteiger partial charge in [-0.25, -0.2) is 9.18 Å². The molecule has 1 fully saturated rings. The van der Waals surface area contributed by atoms with Crippen LogP contribution in [0.5, 0.6) is 0 Å². The average molecular weight is 230 g/mol. The molecule has 1 amide bonds. The van der Waals surface area contributed by atoms with Crippen LogP contribution >= 0.6 is 0 Å². The van der Waals surface area contributed by atoms with Crippen molar-refractivity contribution >= 4 is 6.09 Å². The lowest BCUT2D eigenvalue weighted by Gasteiger charge is -2.26. The van der Waals surface area contributed by atoms with Crippen LogP contribution in [-0.4, -0.2) is 35.5 Å². The summed E-state index contributed by atoms with van der Waals surface area (Å²) >= 11 is 0. The second-order valence-corrected chi connectivity index (χ2v) is 4.65. The van der Waals surface area contributed by atoms with Crippen molar-refractivity contribution in [2.45, 2.75) is 45.1 Å². The number of likely N-dealkylation sites (tertiary alicyclic amines) is 1. The third-order valence-electron chi connectivity index (χ3n) is 2.03. The molecule has 90 valence electrons. The largest absolute Gasteiger partial charge is 0.444 e. The standard InChI is InChI=1S/C9H15FN4O2/c1-9(2,3)16-8(15)14-5-6(10)4-7(14)12-13-11/h6-7H,4-5H2,1-3H3. The highest BCUT2D eigenvalue weighted by Crippen LogP contribution is 2.23. The van der Waals surface area contributed by atoms with Gasteiger partial charge < -0.3 is 4.74 Å². The zero-order chi connectivity index (χ0) is 12.3. The first kappa shape index (κ1) is 12.6. The predicted molar refractivity (Wildman–Crippen MR) is 55.4 cm³/mol. The van der Waals surface area contributed by atoms with Crippen molar-refractivity contribution in [3.63, 3.8) is 0 Å². The third-order valence-corrected chi connectivity index (χ3v) is 2.03. The monoisotopic (exact) mass is 230 g/mol. The number of ether oxygens (including phenoxy) is 1. The van der Waals surface area contributed by atoms with Gasteiger partial charge in [0.05, 0.1) is 6.54 Å². The van der Waals surface area contributed by atoms with E-state index in [9.17, 15) is 9.18 Å². The number of amides is 1. The van der Waals surface area contributed by atoms with Gasteiger partial charge in [0, 0.05) is 11.3 Å². The summed E-state index contributed by atoms with van der Waals surface area (Å²) in [4.78, 5) is 15.4. The van der Waals surface area contributed by atoms with Gasteiger partial charge in [-0.05, 0) is 26.3 Å². The smallest absolute Gasteiger partial charge is 0.410 e. The fourth-order valence-corrected chi connectivity index (χ4v) is 1.45. The molecule has 6 nitrogen and oxygen atoms in total. The molecule has 1 heterocycles. The molecule has 0 aromatic heterocycles. The van der Waals surface area contributed by atoms with Gasteiger partial charge in [0.15, 0.2) is 0 Å². The lowest BCUT2D eigenvalue weighted by molar-refractivity contribution is 0.0223. The van der Waals surface area contributed by atoms with Crippen LogP contribution in [0, 0.1) is 0 Å². The van der Waals surface area contributed by atoms with Crippen LogP contribution in [0.1, 0.15) is 27.2 Å². The molecule has 0 saturated carbocycles. The molecule has 0 aromatic carbocycles. The van der Waals surface area contributed by atoms with Crippen molar-refractivity contribution in [3.05, 3.63) is 10.4 Å². The van der Waals surface area contributed by atoms with Gasteiger partial charge in [-0.1, -0.05) is 5.11 Å². The summed E-state index contributed by atoms with van der Waals surface area (Å²) < 4.78 is 18.2. The minimum absolute atomic E-state index is 0.0311. The Morgan fingerprint density at radius 2 is 2.25 bits per heavy atom. The molecule has 1 aliphatic heterocycles. The SMILES string of the molecule is CC(C)(C)OC(=O)N1CC(F)CC1N=[N+]=[N-]. The molecule has 16 heavy (non-hydrogen) atoms. The molecule has 0 bridgehead atoms. The summed E-state index contributed by atoms with van der Waals surface area (Å²) in [6.45, 7) is 5.07. The number of halogens is 1. The Morgan fingerprint density at radius 1 is 1.62 bits per heavy atom. The Morgan fingerprint density at radius 3 is 2.75 bits per heavy atom. The van der Waals surface area contributed by atoms with E-state index >= 15 is 0 Å². The van der Waals surface area contributed by atoms with Gasteiger partial charge >= 0.3 is 6.09 Å². The van der Waals surface area contributed by atoms with Crippen molar-refractivity contribution in [3.8, 4) is 0 Å². The van der Waals surface area contributed by atoms with Crippen LogP contribution in [0.4, 0.5) is 9.18 Å². The third kappa shape index (κ3) is 3.27. The minimum atomic E-state index is -1.16. The minimum Gasteiger partial charge on any atom is -0.444 e. The molecule has 0 spiro atoms. The van der Waals surface area contributed by atoms with E-state index in [1.165, 1.54) is 0 Å². The second-order valence-electron chi connectivity index (χ2n) is 4.65. The van der Waals surface area contributed by atoms with Gasteiger partial charge in [-0.2, -0.15) is 0 Å². The number of carbonyl (C=O) groups is 1. The average Bonchev–Trinajstić information content (AvgIpc) is 2.44. The summed E-state index contributed by atoms with van der Waals surface area (Å²) in [6, 6.07) is 0. The maximum absolute atomic E-state index is 13.1. The summed E-state index contributed by atoms with van der Waals surface area (Å²) in [7, 11) is 0. The molecule has 2 unspecified atom stereocenters. The lowest BCUT2D eigenvalue weighted by Crippen LogP contribution is -2.39. The van der Waals surface area contributed by atoms with Crippen molar-refractivity contribution < 1.29 is 13.9 Å². The van der Waals surface area contributed by atoms with Gasteiger partial charge in [-0.15, -0.1) is 0 Å². The molecule has 0 aromatic rings. The molecule has 0 N–H and O–H groups in total. The Hall–Kier alpha value is -1.49. The first-order valence-corrected chi connectivity index (χ1v) is 5.01. The van der Waals surface area contributed by atoms with Crippen molar-refractivity contribution in [2.24, 2.45) is 5.11 Å². The Balaban J connectivity index is 2.70. The molecule has 0 radical (unpaired) electrons. The quantitative estimate of drug-likeness (QED) is 0.394. The van der Waals surface area contributed by atoms with Gasteiger partial charge in [0.1, 0.15) is 17.9 Å². The second kappa shape index (κ2) is 4.57. The summed E-state index contributed by atoms with van der Waals surface area (Å²) in [5.41, 5.74) is 7.66. The van der Waals surface area contributed by atoms with E-state index in [0.29, 0.717) is 0 Å². The first-order chi connectivity index (χ1) is 7.33.